The summed E-state index contributed by atoms with van der Waals surface area (Å²) in [6.07, 6.45) is 1.61. The number of piperidine rings is 1. The number of aryl methyl sites for hydroxylation is 1. The largest absolute Gasteiger partial charge is 0.355 e. The number of likely N-dealkylation sites (tertiary alicyclic amines) is 1. The van der Waals surface area contributed by atoms with Crippen molar-refractivity contribution in [1.82, 2.24) is 10.2 Å². The summed E-state index contributed by atoms with van der Waals surface area (Å²) in [6, 6.07) is 14.9. The second-order valence-corrected chi connectivity index (χ2v) is 8.95. The lowest BCUT2D eigenvalue weighted by atomic mass is 9.96. The summed E-state index contributed by atoms with van der Waals surface area (Å²) >= 11 is 0. The topological polar surface area (TPSA) is 78.8 Å². The van der Waals surface area contributed by atoms with Gasteiger partial charge in [0.2, 0.25) is 5.91 Å². The normalized spacial score (nSPS) is 20.4. The highest BCUT2D eigenvalue weighted by molar-refractivity contribution is 7.90. The molecular formula is C21H23N3O3S. The fourth-order valence-corrected chi connectivity index (χ4v) is 4.97. The first kappa shape index (κ1) is 18.7. The molecule has 1 amide bonds. The third-order valence-electron chi connectivity index (χ3n) is 5.29. The SMILES string of the molecule is Cc1ccc(CNC(=O)[C@@H]2CCCN(C3=NS(=O)(=O)c4ccccc43)C2)cc1. The number of sulfonamides is 1. The molecular weight excluding hydrogens is 374 g/mol. The first-order valence-electron chi connectivity index (χ1n) is 9.46. The zero-order valence-electron chi connectivity index (χ0n) is 15.8. The van der Waals surface area contributed by atoms with Gasteiger partial charge in [0.05, 0.1) is 5.92 Å². The van der Waals surface area contributed by atoms with Crippen LogP contribution in [-0.4, -0.2) is 38.2 Å². The van der Waals surface area contributed by atoms with E-state index in [1.165, 1.54) is 5.56 Å². The van der Waals surface area contributed by atoms with Crippen LogP contribution < -0.4 is 5.32 Å². The van der Waals surface area contributed by atoms with E-state index in [1.54, 1.807) is 18.2 Å². The number of amides is 1. The third kappa shape index (κ3) is 3.67. The van der Waals surface area contributed by atoms with Crippen molar-refractivity contribution in [2.45, 2.75) is 31.2 Å². The minimum atomic E-state index is -3.65. The van der Waals surface area contributed by atoms with Crippen molar-refractivity contribution in [2.75, 3.05) is 13.1 Å². The van der Waals surface area contributed by atoms with Crippen molar-refractivity contribution >= 4 is 21.8 Å². The van der Waals surface area contributed by atoms with Crippen molar-refractivity contribution in [3.63, 3.8) is 0 Å². The van der Waals surface area contributed by atoms with Gasteiger partial charge in [-0.05, 0) is 37.5 Å². The number of hydrogen-bond acceptors (Lipinski definition) is 4. The summed E-state index contributed by atoms with van der Waals surface area (Å²) in [5.41, 5.74) is 2.88. The van der Waals surface area contributed by atoms with Gasteiger partial charge in [-0.15, -0.1) is 4.40 Å². The van der Waals surface area contributed by atoms with E-state index in [-0.39, 0.29) is 16.7 Å². The molecule has 0 bridgehead atoms. The van der Waals surface area contributed by atoms with Crippen LogP contribution in [-0.2, 0) is 21.4 Å². The van der Waals surface area contributed by atoms with Crippen molar-refractivity contribution in [3.05, 3.63) is 65.2 Å². The van der Waals surface area contributed by atoms with Gasteiger partial charge in [0.15, 0.2) is 5.84 Å². The highest BCUT2D eigenvalue weighted by atomic mass is 32.2. The van der Waals surface area contributed by atoms with Crippen LogP contribution in [0.15, 0.2) is 57.8 Å². The summed E-state index contributed by atoms with van der Waals surface area (Å²) in [5, 5.41) is 3.01. The summed E-state index contributed by atoms with van der Waals surface area (Å²) in [4.78, 5) is 14.9. The van der Waals surface area contributed by atoms with Gasteiger partial charge in [0.1, 0.15) is 4.90 Å². The van der Waals surface area contributed by atoms with Crippen LogP contribution >= 0.6 is 0 Å². The Bertz CT molecular complexity index is 1030. The van der Waals surface area contributed by atoms with E-state index in [9.17, 15) is 13.2 Å². The molecule has 2 aromatic carbocycles. The van der Waals surface area contributed by atoms with Gasteiger partial charge in [-0.1, -0.05) is 42.0 Å². The van der Waals surface area contributed by atoms with Gasteiger partial charge in [0.25, 0.3) is 10.0 Å². The minimum Gasteiger partial charge on any atom is -0.355 e. The van der Waals surface area contributed by atoms with Gasteiger partial charge < -0.3 is 10.2 Å². The predicted octanol–water partition coefficient (Wildman–Crippen LogP) is 2.47. The zero-order chi connectivity index (χ0) is 19.7. The molecule has 2 heterocycles. The molecule has 0 radical (unpaired) electrons. The average molecular weight is 398 g/mol. The van der Waals surface area contributed by atoms with Crippen molar-refractivity contribution in [1.29, 1.82) is 0 Å². The highest BCUT2D eigenvalue weighted by Gasteiger charge is 2.35. The highest BCUT2D eigenvalue weighted by Crippen LogP contribution is 2.29. The van der Waals surface area contributed by atoms with Crippen LogP contribution in [0.1, 0.15) is 29.5 Å². The minimum absolute atomic E-state index is 0.0000132. The lowest BCUT2D eigenvalue weighted by Gasteiger charge is -2.33. The van der Waals surface area contributed by atoms with E-state index in [2.05, 4.69) is 9.71 Å². The lowest BCUT2D eigenvalue weighted by Crippen LogP contribution is -2.45. The van der Waals surface area contributed by atoms with Gasteiger partial charge in [-0.3, -0.25) is 4.79 Å². The fraction of sp³-hybridized carbons (Fsp3) is 0.333. The molecule has 1 atom stereocenters. The van der Waals surface area contributed by atoms with Crippen LogP contribution in [0.5, 0.6) is 0 Å². The van der Waals surface area contributed by atoms with Gasteiger partial charge in [-0.2, -0.15) is 8.42 Å². The van der Waals surface area contributed by atoms with E-state index in [1.807, 2.05) is 42.2 Å². The Kier molecular flexibility index (Phi) is 4.93. The fourth-order valence-electron chi connectivity index (χ4n) is 3.74. The summed E-state index contributed by atoms with van der Waals surface area (Å²) in [6.45, 7) is 3.70. The zero-order valence-corrected chi connectivity index (χ0v) is 16.6. The molecule has 4 rings (SSSR count). The second kappa shape index (κ2) is 7.39. The number of benzene rings is 2. The second-order valence-electron chi connectivity index (χ2n) is 7.37. The Balaban J connectivity index is 1.45. The first-order valence-corrected chi connectivity index (χ1v) is 10.9. The van der Waals surface area contributed by atoms with Crippen molar-refractivity contribution in [2.24, 2.45) is 10.3 Å². The molecule has 0 saturated carbocycles. The molecule has 0 aliphatic carbocycles. The van der Waals surface area contributed by atoms with Crippen LogP contribution in [0.3, 0.4) is 0 Å². The number of amidine groups is 1. The molecule has 1 saturated heterocycles. The van der Waals surface area contributed by atoms with E-state index in [4.69, 9.17) is 0 Å². The van der Waals surface area contributed by atoms with E-state index in [0.717, 1.165) is 18.4 Å². The Morgan fingerprint density at radius 3 is 2.71 bits per heavy atom. The predicted molar refractivity (Wildman–Crippen MR) is 107 cm³/mol. The number of fused-ring (bicyclic) bond motifs is 1. The maximum atomic E-state index is 12.7. The van der Waals surface area contributed by atoms with Crippen LogP contribution in [0.25, 0.3) is 0 Å². The maximum Gasteiger partial charge on any atom is 0.285 e. The molecule has 6 nitrogen and oxygen atoms in total. The number of nitrogens with one attached hydrogen (secondary N) is 1. The van der Waals surface area contributed by atoms with Crippen molar-refractivity contribution in [3.8, 4) is 0 Å². The molecule has 2 aromatic rings. The molecule has 0 aromatic heterocycles. The molecule has 0 unspecified atom stereocenters. The number of carbonyl (C=O) groups excluding carboxylic acids is 1. The van der Waals surface area contributed by atoms with Gasteiger partial charge in [0, 0.05) is 25.2 Å². The lowest BCUT2D eigenvalue weighted by molar-refractivity contribution is -0.126. The Morgan fingerprint density at radius 1 is 1.18 bits per heavy atom. The molecule has 2 aliphatic rings. The van der Waals surface area contributed by atoms with Crippen LogP contribution in [0.2, 0.25) is 0 Å². The maximum absolute atomic E-state index is 12.7. The van der Waals surface area contributed by atoms with Crippen LogP contribution in [0, 0.1) is 12.8 Å². The standard InChI is InChI=1S/C21H23N3O3S/c1-15-8-10-16(11-9-15)13-22-21(25)17-5-4-12-24(14-17)20-18-6-2-3-7-19(18)28(26,27)23-20/h2-3,6-11,17H,4-5,12-14H2,1H3,(H,22,25)/t17-/m1/s1. The van der Waals surface area contributed by atoms with Crippen molar-refractivity contribution < 1.29 is 13.2 Å². The molecule has 0 spiro atoms. The molecule has 1 N–H and O–H groups in total. The molecule has 7 heteroatoms. The smallest absolute Gasteiger partial charge is 0.285 e. The Labute approximate surface area is 165 Å². The van der Waals surface area contributed by atoms with E-state index in [0.29, 0.717) is 31.0 Å². The van der Waals surface area contributed by atoms with Gasteiger partial charge in [-0.25, -0.2) is 0 Å². The number of rotatable bonds is 3. The number of hydrogen-bond donors (Lipinski definition) is 1. The number of carbonyl (C=O) groups is 1. The number of nitrogens with zero attached hydrogens (tertiary/aromatic N) is 2. The van der Waals surface area contributed by atoms with Crippen LogP contribution in [0.4, 0.5) is 0 Å². The Morgan fingerprint density at radius 2 is 1.93 bits per heavy atom. The molecule has 28 heavy (non-hydrogen) atoms. The summed E-state index contributed by atoms with van der Waals surface area (Å²) < 4.78 is 28.6. The quantitative estimate of drug-likeness (QED) is 0.863. The summed E-state index contributed by atoms with van der Waals surface area (Å²) in [5.74, 6) is 0.281. The first-order chi connectivity index (χ1) is 13.4. The van der Waals surface area contributed by atoms with E-state index < -0.39 is 10.0 Å². The average Bonchev–Trinajstić information content (AvgIpc) is 2.99. The summed E-state index contributed by atoms with van der Waals surface area (Å²) in [7, 11) is -3.65. The monoisotopic (exact) mass is 397 g/mol. The van der Waals surface area contributed by atoms with Gasteiger partial charge >= 0.3 is 0 Å². The van der Waals surface area contributed by atoms with E-state index >= 15 is 0 Å². The molecule has 2 aliphatic heterocycles. The third-order valence-corrected chi connectivity index (χ3v) is 6.62. The Hall–Kier alpha value is -2.67. The molecule has 146 valence electrons. The molecule has 1 fully saturated rings.